The molecule has 0 spiro atoms. The molecule has 192 valence electrons. The Morgan fingerprint density at radius 1 is 1.14 bits per heavy atom. The minimum Gasteiger partial charge on any atom is -0.354 e. The van der Waals surface area contributed by atoms with Crippen LogP contribution in [0.15, 0.2) is 54.7 Å². The van der Waals surface area contributed by atoms with E-state index in [9.17, 15) is 9.18 Å². The molecule has 0 amide bonds. The van der Waals surface area contributed by atoms with Crippen LogP contribution in [0.3, 0.4) is 0 Å². The lowest BCUT2D eigenvalue weighted by atomic mass is 10.0. The molecule has 8 nitrogen and oxygen atoms in total. The molecular formula is C28H32FN7O. The van der Waals surface area contributed by atoms with Crippen LogP contribution in [0.2, 0.25) is 0 Å². The summed E-state index contributed by atoms with van der Waals surface area (Å²) >= 11 is 0. The summed E-state index contributed by atoms with van der Waals surface area (Å²) in [7, 11) is 0. The third-order valence-electron chi connectivity index (χ3n) is 7.06. The van der Waals surface area contributed by atoms with Crippen LogP contribution in [0.5, 0.6) is 0 Å². The number of aldehydes is 1. The van der Waals surface area contributed by atoms with E-state index in [0.717, 1.165) is 81.2 Å². The summed E-state index contributed by atoms with van der Waals surface area (Å²) in [6, 6.07) is 12.7. The number of nitrogens with zero attached hydrogens (tertiary/aromatic N) is 5. The Labute approximate surface area is 216 Å². The van der Waals surface area contributed by atoms with Gasteiger partial charge < -0.3 is 19.6 Å². The number of carbonyl (C=O) groups is 1. The number of anilines is 1. The van der Waals surface area contributed by atoms with Gasteiger partial charge in [-0.2, -0.15) is 0 Å². The largest absolute Gasteiger partial charge is 0.354 e. The van der Waals surface area contributed by atoms with Crippen LogP contribution in [-0.4, -0.2) is 76.1 Å². The van der Waals surface area contributed by atoms with Gasteiger partial charge in [-0.1, -0.05) is 18.2 Å². The van der Waals surface area contributed by atoms with Crippen molar-refractivity contribution in [2.75, 3.05) is 44.2 Å². The number of aromatic amines is 1. The fourth-order valence-electron chi connectivity index (χ4n) is 5.11. The van der Waals surface area contributed by atoms with E-state index >= 15 is 0 Å². The first kappa shape index (κ1) is 24.8. The van der Waals surface area contributed by atoms with Gasteiger partial charge in [0.2, 0.25) is 0 Å². The molecule has 3 aromatic rings. The molecule has 1 aromatic carbocycles. The molecule has 2 N–H and O–H groups in total. The van der Waals surface area contributed by atoms with E-state index in [4.69, 9.17) is 10.4 Å². The van der Waals surface area contributed by atoms with Gasteiger partial charge in [0.25, 0.3) is 0 Å². The molecule has 0 aliphatic carbocycles. The van der Waals surface area contributed by atoms with Gasteiger partial charge in [-0.15, -0.1) is 0 Å². The van der Waals surface area contributed by atoms with Crippen molar-refractivity contribution in [3.8, 4) is 11.4 Å². The zero-order chi connectivity index (χ0) is 25.6. The van der Waals surface area contributed by atoms with Gasteiger partial charge in [-0.25, -0.2) is 14.4 Å². The number of nitrogens with one attached hydrogen (secondary N) is 2. The number of hydrogen-bond acceptors (Lipinski definition) is 6. The van der Waals surface area contributed by atoms with Crippen LogP contribution in [-0.2, 0) is 4.79 Å². The van der Waals surface area contributed by atoms with Gasteiger partial charge in [0.05, 0.1) is 23.6 Å². The second-order valence-corrected chi connectivity index (χ2v) is 9.47. The predicted molar refractivity (Wildman–Crippen MR) is 143 cm³/mol. The number of H-pyrrole nitrogens is 1. The van der Waals surface area contributed by atoms with E-state index in [1.165, 1.54) is 6.07 Å². The van der Waals surface area contributed by atoms with Crippen LogP contribution < -0.4 is 4.90 Å². The molecule has 1 atom stereocenters. The van der Waals surface area contributed by atoms with Crippen LogP contribution >= 0.6 is 0 Å². The summed E-state index contributed by atoms with van der Waals surface area (Å²) in [5, 5.41) is 8.60. The van der Waals surface area contributed by atoms with E-state index in [2.05, 4.69) is 19.8 Å². The summed E-state index contributed by atoms with van der Waals surface area (Å²) in [6.07, 6.45) is 8.74. The second-order valence-electron chi connectivity index (χ2n) is 9.47. The lowest BCUT2D eigenvalue weighted by molar-refractivity contribution is -0.108. The van der Waals surface area contributed by atoms with E-state index in [0.29, 0.717) is 18.1 Å². The summed E-state index contributed by atoms with van der Waals surface area (Å²) in [6.45, 7) is 5.18. The zero-order valence-electron chi connectivity index (χ0n) is 20.8. The van der Waals surface area contributed by atoms with E-state index < -0.39 is 0 Å². The lowest BCUT2D eigenvalue weighted by Crippen LogP contribution is -2.47. The van der Waals surface area contributed by atoms with Gasteiger partial charge in [-0.05, 0) is 54.8 Å². The molecule has 0 saturated carbocycles. The van der Waals surface area contributed by atoms with Crippen LogP contribution in [0.1, 0.15) is 36.7 Å². The molecule has 2 aromatic heterocycles. The van der Waals surface area contributed by atoms with Gasteiger partial charge in [0.1, 0.15) is 29.6 Å². The number of carbonyl (C=O) groups excluding carboxylic acids is 1. The number of pyridine rings is 1. The fourth-order valence-corrected chi connectivity index (χ4v) is 5.11. The molecular weight excluding hydrogens is 469 g/mol. The average Bonchev–Trinajstić information content (AvgIpc) is 3.61. The SMILES string of the molecule is N=C(/C=C\c1ncc(-c2cccc(N3CCN(CCC=O)CC3)n2)[nH]1)N1CCC[C@@H]1c1cccc(F)c1. The van der Waals surface area contributed by atoms with Crippen LogP contribution in [0, 0.1) is 11.2 Å². The van der Waals surface area contributed by atoms with Crippen molar-refractivity contribution in [2.24, 2.45) is 0 Å². The third kappa shape index (κ3) is 5.94. The molecule has 0 unspecified atom stereocenters. The number of hydrogen-bond donors (Lipinski definition) is 2. The Morgan fingerprint density at radius 3 is 2.78 bits per heavy atom. The number of rotatable bonds is 8. The fraction of sp³-hybridized carbons (Fsp3) is 0.357. The maximum Gasteiger partial charge on any atom is 0.130 e. The van der Waals surface area contributed by atoms with Crippen LogP contribution in [0.4, 0.5) is 10.2 Å². The molecule has 2 aliphatic rings. The molecule has 0 bridgehead atoms. The highest BCUT2D eigenvalue weighted by atomic mass is 19.1. The van der Waals surface area contributed by atoms with Crippen molar-refractivity contribution in [1.82, 2.24) is 24.8 Å². The van der Waals surface area contributed by atoms with Crippen molar-refractivity contribution < 1.29 is 9.18 Å². The Bertz CT molecular complexity index is 1260. The Kier molecular flexibility index (Phi) is 7.70. The molecule has 2 aliphatic heterocycles. The average molecular weight is 502 g/mol. The molecule has 2 saturated heterocycles. The maximum atomic E-state index is 13.7. The number of aromatic nitrogens is 3. The van der Waals surface area contributed by atoms with E-state index in [1.54, 1.807) is 30.5 Å². The maximum absolute atomic E-state index is 13.7. The van der Waals surface area contributed by atoms with Crippen molar-refractivity contribution in [2.45, 2.75) is 25.3 Å². The zero-order valence-corrected chi connectivity index (χ0v) is 20.8. The first-order valence-electron chi connectivity index (χ1n) is 12.8. The Morgan fingerprint density at radius 2 is 1.97 bits per heavy atom. The van der Waals surface area contributed by atoms with Crippen molar-refractivity contribution in [3.05, 3.63) is 71.9 Å². The summed E-state index contributed by atoms with van der Waals surface area (Å²) in [4.78, 5) is 29.8. The number of benzene rings is 1. The smallest absolute Gasteiger partial charge is 0.130 e. The molecule has 2 fully saturated rings. The minimum absolute atomic E-state index is 0.0128. The Hall–Kier alpha value is -3.85. The summed E-state index contributed by atoms with van der Waals surface area (Å²) in [5.41, 5.74) is 2.54. The number of halogens is 1. The van der Waals surface area contributed by atoms with E-state index in [1.807, 2.05) is 29.2 Å². The molecule has 4 heterocycles. The molecule has 9 heteroatoms. The van der Waals surface area contributed by atoms with Crippen LogP contribution in [0.25, 0.3) is 17.5 Å². The highest BCUT2D eigenvalue weighted by Gasteiger charge is 2.27. The van der Waals surface area contributed by atoms with Gasteiger partial charge >= 0.3 is 0 Å². The highest BCUT2D eigenvalue weighted by Crippen LogP contribution is 2.32. The van der Waals surface area contributed by atoms with Crippen molar-refractivity contribution >= 4 is 24.0 Å². The van der Waals surface area contributed by atoms with Gasteiger partial charge in [0.15, 0.2) is 0 Å². The van der Waals surface area contributed by atoms with Crippen molar-refractivity contribution in [3.63, 3.8) is 0 Å². The monoisotopic (exact) mass is 501 g/mol. The number of likely N-dealkylation sites (tertiary alicyclic amines) is 1. The summed E-state index contributed by atoms with van der Waals surface area (Å²) < 4.78 is 13.7. The van der Waals surface area contributed by atoms with Gasteiger partial charge in [0, 0.05) is 45.7 Å². The quantitative estimate of drug-likeness (QED) is 0.274. The first-order chi connectivity index (χ1) is 18.1. The highest BCUT2D eigenvalue weighted by molar-refractivity contribution is 5.94. The topological polar surface area (TPSA) is 92.2 Å². The molecule has 37 heavy (non-hydrogen) atoms. The second kappa shape index (κ2) is 11.5. The third-order valence-corrected chi connectivity index (χ3v) is 7.06. The minimum atomic E-state index is -0.246. The lowest BCUT2D eigenvalue weighted by Gasteiger charge is -2.35. The van der Waals surface area contributed by atoms with E-state index in [-0.39, 0.29) is 11.9 Å². The number of amidine groups is 1. The predicted octanol–water partition coefficient (Wildman–Crippen LogP) is 4.15. The number of piperazine rings is 1. The number of imidazole rings is 1. The summed E-state index contributed by atoms with van der Waals surface area (Å²) in [5.74, 6) is 1.72. The van der Waals surface area contributed by atoms with Crippen molar-refractivity contribution in [1.29, 1.82) is 5.41 Å². The standard InChI is InChI=1S/C28H32FN7O/c29-22-6-1-5-21(19-22)25-8-3-13-36(25)26(30)10-11-27-31-20-24(32-27)23-7-2-9-28(33-23)35-16-14-34(15-17-35)12-4-18-37/h1-2,5-7,9-11,18-20,25,30H,3-4,8,12-17H2,(H,31,32)/b11-10-,30-26?/t25-/m1/s1. The normalized spacial score (nSPS) is 18.6. The first-order valence-corrected chi connectivity index (χ1v) is 12.8. The molecule has 5 rings (SSSR count). The van der Waals surface area contributed by atoms with Gasteiger partial charge in [-0.3, -0.25) is 10.3 Å². The molecule has 0 radical (unpaired) electrons. The Balaban J connectivity index is 1.22.